The maximum atomic E-state index is 13.4. The third-order valence-corrected chi connectivity index (χ3v) is 3.68. The number of aliphatic hydroxyl groups excluding tert-OH is 1. The van der Waals surface area contributed by atoms with Gasteiger partial charge >= 0.3 is 11.8 Å². The third kappa shape index (κ3) is 4.01. The van der Waals surface area contributed by atoms with Gasteiger partial charge in [-0.05, 0) is 37.5 Å². The van der Waals surface area contributed by atoms with Crippen LogP contribution in [0.5, 0.6) is 0 Å². The second kappa shape index (κ2) is 6.67. The fourth-order valence-corrected chi connectivity index (χ4v) is 2.37. The summed E-state index contributed by atoms with van der Waals surface area (Å²) < 4.78 is 13.4. The van der Waals surface area contributed by atoms with Crippen molar-refractivity contribution in [1.29, 1.82) is 0 Å². The molecule has 6 heteroatoms. The average Bonchev–Trinajstić information content (AvgIpc) is 2.45. The summed E-state index contributed by atoms with van der Waals surface area (Å²) in [5.74, 6) is -2.13. The van der Waals surface area contributed by atoms with E-state index in [1.54, 1.807) is 6.92 Å². The van der Waals surface area contributed by atoms with Gasteiger partial charge in [0.1, 0.15) is 5.82 Å². The van der Waals surface area contributed by atoms with Crippen molar-refractivity contribution in [3.05, 3.63) is 29.6 Å². The standard InChI is InChI=1S/C15H19FN2O3/c1-9-6-7-10(8-11(9)16)17-14(20)15(21)18-12-4-2-3-5-13(12)19/h6-8,12-13,19H,2-5H2,1H3,(H,17,20)(H,18,21). The summed E-state index contributed by atoms with van der Waals surface area (Å²) in [5.41, 5.74) is 0.685. The summed E-state index contributed by atoms with van der Waals surface area (Å²) in [5, 5.41) is 14.6. The van der Waals surface area contributed by atoms with Gasteiger partial charge in [-0.3, -0.25) is 9.59 Å². The Morgan fingerprint density at radius 2 is 1.95 bits per heavy atom. The van der Waals surface area contributed by atoms with Gasteiger partial charge < -0.3 is 15.7 Å². The molecule has 0 radical (unpaired) electrons. The van der Waals surface area contributed by atoms with Crippen LogP contribution in [-0.2, 0) is 9.59 Å². The largest absolute Gasteiger partial charge is 0.391 e. The molecule has 1 saturated carbocycles. The molecule has 1 aliphatic carbocycles. The van der Waals surface area contributed by atoms with E-state index in [9.17, 15) is 19.1 Å². The van der Waals surface area contributed by atoms with Gasteiger partial charge in [-0.1, -0.05) is 18.9 Å². The minimum atomic E-state index is -0.865. The van der Waals surface area contributed by atoms with E-state index in [4.69, 9.17) is 0 Å². The van der Waals surface area contributed by atoms with E-state index in [0.717, 1.165) is 18.9 Å². The molecule has 0 aliphatic heterocycles. The fraction of sp³-hybridized carbons (Fsp3) is 0.467. The molecule has 0 spiro atoms. The van der Waals surface area contributed by atoms with Crippen LogP contribution in [0.4, 0.5) is 10.1 Å². The van der Waals surface area contributed by atoms with Gasteiger partial charge in [0.05, 0.1) is 12.1 Å². The van der Waals surface area contributed by atoms with Crippen molar-refractivity contribution < 1.29 is 19.1 Å². The van der Waals surface area contributed by atoms with E-state index < -0.39 is 29.8 Å². The molecular weight excluding hydrogens is 275 g/mol. The Labute approximate surface area is 122 Å². The van der Waals surface area contributed by atoms with E-state index in [1.165, 1.54) is 12.1 Å². The molecule has 0 saturated heterocycles. The normalized spacial score (nSPS) is 21.7. The SMILES string of the molecule is Cc1ccc(NC(=O)C(=O)NC2CCCCC2O)cc1F. The average molecular weight is 294 g/mol. The van der Waals surface area contributed by atoms with Gasteiger partial charge in [0.2, 0.25) is 0 Å². The molecule has 114 valence electrons. The summed E-state index contributed by atoms with van der Waals surface area (Å²) in [7, 11) is 0. The summed E-state index contributed by atoms with van der Waals surface area (Å²) in [6.07, 6.45) is 2.48. The van der Waals surface area contributed by atoms with Gasteiger partial charge in [-0.2, -0.15) is 0 Å². The summed E-state index contributed by atoms with van der Waals surface area (Å²) in [6, 6.07) is 3.81. The van der Waals surface area contributed by atoms with Crippen LogP contribution >= 0.6 is 0 Å². The van der Waals surface area contributed by atoms with Crippen molar-refractivity contribution in [3.63, 3.8) is 0 Å². The molecule has 0 aromatic heterocycles. The highest BCUT2D eigenvalue weighted by Crippen LogP contribution is 2.18. The Morgan fingerprint density at radius 1 is 1.24 bits per heavy atom. The molecule has 21 heavy (non-hydrogen) atoms. The summed E-state index contributed by atoms with van der Waals surface area (Å²) >= 11 is 0. The Morgan fingerprint density at radius 3 is 2.62 bits per heavy atom. The summed E-state index contributed by atoms with van der Waals surface area (Å²) in [4.78, 5) is 23.5. The number of anilines is 1. The van der Waals surface area contributed by atoms with Crippen LogP contribution in [-0.4, -0.2) is 29.1 Å². The van der Waals surface area contributed by atoms with Gasteiger partial charge in [0.15, 0.2) is 0 Å². The molecule has 1 aliphatic rings. The number of rotatable bonds is 2. The zero-order chi connectivity index (χ0) is 15.4. The Kier molecular flexibility index (Phi) is 4.90. The van der Waals surface area contributed by atoms with Crippen LogP contribution in [0.15, 0.2) is 18.2 Å². The number of carbonyl (C=O) groups is 2. The number of carbonyl (C=O) groups excluding carboxylic acids is 2. The van der Waals surface area contributed by atoms with Crippen LogP contribution in [0.1, 0.15) is 31.2 Å². The van der Waals surface area contributed by atoms with Crippen LogP contribution in [0.2, 0.25) is 0 Å². The first kappa shape index (κ1) is 15.4. The second-order valence-corrected chi connectivity index (χ2v) is 5.35. The van der Waals surface area contributed by atoms with Crippen molar-refractivity contribution in [3.8, 4) is 0 Å². The maximum Gasteiger partial charge on any atom is 0.313 e. The lowest BCUT2D eigenvalue weighted by atomic mass is 9.92. The molecule has 2 unspecified atom stereocenters. The molecule has 0 bridgehead atoms. The molecular formula is C15H19FN2O3. The summed E-state index contributed by atoms with van der Waals surface area (Å²) in [6.45, 7) is 1.61. The zero-order valence-electron chi connectivity index (χ0n) is 11.9. The lowest BCUT2D eigenvalue weighted by molar-refractivity contribution is -0.137. The van der Waals surface area contributed by atoms with Crippen molar-refractivity contribution >= 4 is 17.5 Å². The fourth-order valence-electron chi connectivity index (χ4n) is 2.37. The number of amides is 2. The Bertz CT molecular complexity index is 548. The van der Waals surface area contributed by atoms with Crippen LogP contribution < -0.4 is 10.6 Å². The third-order valence-electron chi connectivity index (χ3n) is 3.68. The first-order valence-corrected chi connectivity index (χ1v) is 7.03. The molecule has 0 heterocycles. The molecule has 2 rings (SSSR count). The molecule has 2 atom stereocenters. The quantitative estimate of drug-likeness (QED) is 0.723. The molecule has 3 N–H and O–H groups in total. The molecule has 5 nitrogen and oxygen atoms in total. The molecule has 2 amide bonds. The lowest BCUT2D eigenvalue weighted by Gasteiger charge is -2.27. The van der Waals surface area contributed by atoms with E-state index in [-0.39, 0.29) is 5.69 Å². The van der Waals surface area contributed by atoms with Gasteiger partial charge in [-0.15, -0.1) is 0 Å². The van der Waals surface area contributed by atoms with Crippen molar-refractivity contribution in [2.75, 3.05) is 5.32 Å². The number of nitrogens with one attached hydrogen (secondary N) is 2. The predicted molar refractivity (Wildman–Crippen MR) is 76.2 cm³/mol. The van der Waals surface area contributed by atoms with Crippen molar-refractivity contribution in [1.82, 2.24) is 5.32 Å². The monoisotopic (exact) mass is 294 g/mol. The van der Waals surface area contributed by atoms with Crippen LogP contribution in [0.25, 0.3) is 0 Å². The van der Waals surface area contributed by atoms with Gasteiger partial charge in [0, 0.05) is 5.69 Å². The van der Waals surface area contributed by atoms with Crippen molar-refractivity contribution in [2.45, 2.75) is 44.8 Å². The number of benzene rings is 1. The number of halogens is 1. The highest BCUT2D eigenvalue weighted by atomic mass is 19.1. The van der Waals surface area contributed by atoms with Crippen LogP contribution in [0, 0.1) is 12.7 Å². The number of aliphatic hydroxyl groups is 1. The molecule has 1 aromatic rings. The molecule has 1 aromatic carbocycles. The minimum absolute atomic E-state index is 0.224. The molecule has 1 fully saturated rings. The highest BCUT2D eigenvalue weighted by Gasteiger charge is 2.26. The zero-order valence-corrected chi connectivity index (χ0v) is 11.9. The Hall–Kier alpha value is -1.95. The van der Waals surface area contributed by atoms with E-state index in [1.807, 2.05) is 0 Å². The minimum Gasteiger partial charge on any atom is -0.391 e. The first-order valence-electron chi connectivity index (χ1n) is 7.03. The predicted octanol–water partition coefficient (Wildman–Crippen LogP) is 1.49. The first-order chi connectivity index (χ1) is 9.97. The van der Waals surface area contributed by atoms with Crippen molar-refractivity contribution in [2.24, 2.45) is 0 Å². The number of aryl methyl sites for hydroxylation is 1. The lowest BCUT2D eigenvalue weighted by Crippen LogP contribution is -2.48. The number of hydrogen-bond donors (Lipinski definition) is 3. The smallest absolute Gasteiger partial charge is 0.313 e. The van der Waals surface area contributed by atoms with E-state index in [0.29, 0.717) is 18.4 Å². The van der Waals surface area contributed by atoms with E-state index >= 15 is 0 Å². The van der Waals surface area contributed by atoms with E-state index in [2.05, 4.69) is 10.6 Å². The Balaban J connectivity index is 1.93. The second-order valence-electron chi connectivity index (χ2n) is 5.35. The topological polar surface area (TPSA) is 78.4 Å². The number of hydrogen-bond acceptors (Lipinski definition) is 3. The highest BCUT2D eigenvalue weighted by molar-refractivity contribution is 6.39. The van der Waals surface area contributed by atoms with Gasteiger partial charge in [-0.25, -0.2) is 4.39 Å². The maximum absolute atomic E-state index is 13.4. The van der Waals surface area contributed by atoms with Gasteiger partial charge in [0.25, 0.3) is 0 Å². The van der Waals surface area contributed by atoms with Crippen LogP contribution in [0.3, 0.4) is 0 Å².